The van der Waals surface area contributed by atoms with Crippen molar-refractivity contribution in [2.45, 2.75) is 0 Å². The molecule has 1 amide bonds. The van der Waals surface area contributed by atoms with Crippen LogP contribution in [0.3, 0.4) is 0 Å². The Morgan fingerprint density at radius 3 is 2.22 bits per heavy atom. The van der Waals surface area contributed by atoms with Crippen molar-refractivity contribution in [3.8, 4) is 0 Å². The molecule has 0 radical (unpaired) electrons. The molecule has 0 atom stereocenters. The Balaban J connectivity index is 2.10. The Morgan fingerprint density at radius 2 is 1.70 bits per heavy atom. The van der Waals surface area contributed by atoms with Gasteiger partial charge in [0.2, 0.25) is 5.91 Å². The molecule has 0 aliphatic rings. The highest BCUT2D eigenvalue weighted by Gasteiger charge is 2.14. The van der Waals surface area contributed by atoms with Gasteiger partial charge in [-0.2, -0.15) is 0 Å². The van der Waals surface area contributed by atoms with Crippen molar-refractivity contribution in [3.63, 3.8) is 0 Å². The quantitative estimate of drug-likeness (QED) is 0.457. The van der Waals surface area contributed by atoms with E-state index in [2.05, 4.69) is 20.1 Å². The molecule has 1 heterocycles. The number of furan rings is 1. The highest BCUT2D eigenvalue weighted by atomic mass is 32.1. The van der Waals surface area contributed by atoms with Crippen LogP contribution in [0.4, 0.5) is 5.69 Å². The van der Waals surface area contributed by atoms with Crippen molar-refractivity contribution >= 4 is 46.9 Å². The van der Waals surface area contributed by atoms with Gasteiger partial charge in [0.25, 0.3) is 0 Å². The fourth-order valence-electron chi connectivity index (χ4n) is 2.03. The first-order valence-corrected chi connectivity index (χ1v) is 7.99. The van der Waals surface area contributed by atoms with Gasteiger partial charge in [0.15, 0.2) is 5.11 Å². The van der Waals surface area contributed by atoms with E-state index in [1.54, 1.807) is 12.1 Å². The Hall–Kier alpha value is -3.46. The SMILES string of the molecule is COC(=O)c1cc(NC(=S)NC(=O)/C=C/c2ccco2)cc(C(=O)OC)c1. The zero-order chi connectivity index (χ0) is 19.8. The van der Waals surface area contributed by atoms with Crippen molar-refractivity contribution in [2.75, 3.05) is 19.5 Å². The summed E-state index contributed by atoms with van der Waals surface area (Å²) in [6, 6.07) is 7.56. The molecule has 8 nitrogen and oxygen atoms in total. The van der Waals surface area contributed by atoms with Crippen LogP contribution >= 0.6 is 12.2 Å². The molecule has 9 heteroatoms. The number of nitrogens with one attached hydrogen (secondary N) is 2. The molecule has 27 heavy (non-hydrogen) atoms. The smallest absolute Gasteiger partial charge is 0.337 e. The molecule has 140 valence electrons. The van der Waals surface area contributed by atoms with E-state index < -0.39 is 17.8 Å². The number of carbonyl (C=O) groups is 3. The molecule has 0 aliphatic heterocycles. The summed E-state index contributed by atoms with van der Waals surface area (Å²) in [5, 5.41) is 5.14. The van der Waals surface area contributed by atoms with Crippen LogP contribution in [0.2, 0.25) is 0 Å². The fourth-order valence-corrected chi connectivity index (χ4v) is 2.25. The highest BCUT2D eigenvalue weighted by molar-refractivity contribution is 7.80. The zero-order valence-corrected chi connectivity index (χ0v) is 15.3. The van der Waals surface area contributed by atoms with Crippen LogP contribution in [0.5, 0.6) is 0 Å². The number of hydrogen-bond acceptors (Lipinski definition) is 7. The molecule has 0 aliphatic carbocycles. The fraction of sp³-hybridized carbons (Fsp3) is 0.111. The summed E-state index contributed by atoms with van der Waals surface area (Å²) in [5.74, 6) is -1.25. The lowest BCUT2D eigenvalue weighted by atomic mass is 10.1. The monoisotopic (exact) mass is 388 g/mol. The molecule has 0 spiro atoms. The van der Waals surface area contributed by atoms with E-state index in [-0.39, 0.29) is 16.2 Å². The van der Waals surface area contributed by atoms with Crippen molar-refractivity contribution in [2.24, 2.45) is 0 Å². The van der Waals surface area contributed by atoms with Gasteiger partial charge in [0.1, 0.15) is 5.76 Å². The summed E-state index contributed by atoms with van der Waals surface area (Å²) in [5.41, 5.74) is 0.545. The lowest BCUT2D eigenvalue weighted by molar-refractivity contribution is -0.115. The molecule has 0 unspecified atom stereocenters. The topological polar surface area (TPSA) is 107 Å². The molecule has 1 aromatic heterocycles. The average molecular weight is 388 g/mol. The lowest BCUT2D eigenvalue weighted by Crippen LogP contribution is -2.33. The number of esters is 2. The molecule has 0 saturated carbocycles. The molecule has 0 saturated heterocycles. The number of thiocarbonyl (C=S) groups is 1. The van der Waals surface area contributed by atoms with E-state index in [9.17, 15) is 14.4 Å². The second kappa shape index (κ2) is 9.30. The minimum absolute atomic E-state index is 0.0260. The first kappa shape index (κ1) is 19.9. The van der Waals surface area contributed by atoms with Gasteiger partial charge in [-0.05, 0) is 48.6 Å². The number of ether oxygens (including phenoxy) is 2. The minimum atomic E-state index is -0.639. The van der Waals surface area contributed by atoms with E-state index in [1.165, 1.54) is 50.8 Å². The third-order valence-corrected chi connectivity index (χ3v) is 3.42. The highest BCUT2D eigenvalue weighted by Crippen LogP contribution is 2.17. The van der Waals surface area contributed by atoms with Crippen LogP contribution < -0.4 is 10.6 Å². The van der Waals surface area contributed by atoms with Crippen molar-refractivity contribution in [3.05, 3.63) is 59.6 Å². The predicted octanol–water partition coefficient (Wildman–Crippen LogP) is 2.38. The van der Waals surface area contributed by atoms with E-state index >= 15 is 0 Å². The maximum absolute atomic E-state index is 11.9. The van der Waals surface area contributed by atoms with Gasteiger partial charge in [-0.25, -0.2) is 9.59 Å². The number of benzene rings is 1. The number of methoxy groups -OCH3 is 2. The van der Waals surface area contributed by atoms with Crippen LogP contribution in [0.15, 0.2) is 47.1 Å². The molecule has 0 bridgehead atoms. The molecular formula is C18H16N2O6S. The maximum atomic E-state index is 11.9. The maximum Gasteiger partial charge on any atom is 0.337 e. The minimum Gasteiger partial charge on any atom is -0.465 e. The van der Waals surface area contributed by atoms with Gasteiger partial charge in [0.05, 0.1) is 31.6 Å². The molecule has 1 aromatic carbocycles. The summed E-state index contributed by atoms with van der Waals surface area (Å²) >= 11 is 5.07. The molecule has 2 N–H and O–H groups in total. The van der Waals surface area contributed by atoms with Crippen LogP contribution in [0, 0.1) is 0 Å². The Bertz CT molecular complexity index is 855. The zero-order valence-electron chi connectivity index (χ0n) is 14.5. The third kappa shape index (κ3) is 5.79. The van der Waals surface area contributed by atoms with Gasteiger partial charge >= 0.3 is 11.9 Å². The van der Waals surface area contributed by atoms with Gasteiger partial charge in [-0.1, -0.05) is 0 Å². The summed E-state index contributed by atoms with van der Waals surface area (Å²) in [7, 11) is 2.44. The normalized spacial score (nSPS) is 10.3. The molecule has 0 fully saturated rings. The Labute approximate surface area is 160 Å². The van der Waals surface area contributed by atoms with E-state index in [4.69, 9.17) is 16.6 Å². The van der Waals surface area contributed by atoms with Gasteiger partial charge in [0, 0.05) is 11.8 Å². The first-order chi connectivity index (χ1) is 12.9. The lowest BCUT2D eigenvalue weighted by Gasteiger charge is -2.11. The Morgan fingerprint density at radius 1 is 1.07 bits per heavy atom. The van der Waals surface area contributed by atoms with Crippen molar-refractivity contribution in [1.82, 2.24) is 5.32 Å². The molecule has 2 aromatic rings. The third-order valence-electron chi connectivity index (χ3n) is 3.21. The number of hydrogen-bond donors (Lipinski definition) is 2. The summed E-state index contributed by atoms with van der Waals surface area (Å²) in [6.45, 7) is 0. The van der Waals surface area contributed by atoms with Crippen LogP contribution in [0.1, 0.15) is 26.5 Å². The average Bonchev–Trinajstić information content (AvgIpc) is 3.18. The Kier molecular flexibility index (Phi) is 6.84. The second-order valence-corrected chi connectivity index (χ2v) is 5.48. The van der Waals surface area contributed by atoms with Crippen LogP contribution in [-0.2, 0) is 14.3 Å². The van der Waals surface area contributed by atoms with E-state index in [0.29, 0.717) is 11.4 Å². The predicted molar refractivity (Wildman–Crippen MR) is 101 cm³/mol. The van der Waals surface area contributed by atoms with E-state index in [1.807, 2.05) is 0 Å². The summed E-state index contributed by atoms with van der Waals surface area (Å²) < 4.78 is 14.4. The van der Waals surface area contributed by atoms with Crippen LogP contribution in [-0.4, -0.2) is 37.2 Å². The first-order valence-electron chi connectivity index (χ1n) is 7.58. The molecule has 2 rings (SSSR count). The van der Waals surface area contributed by atoms with Gasteiger partial charge in [-0.3, -0.25) is 10.1 Å². The standard InChI is InChI=1S/C18H16N2O6S/c1-24-16(22)11-8-12(17(23)25-2)10-13(9-11)19-18(27)20-15(21)6-5-14-4-3-7-26-14/h3-10H,1-2H3,(H2,19,20,21,27)/b6-5+. The largest absolute Gasteiger partial charge is 0.465 e. The number of carbonyl (C=O) groups excluding carboxylic acids is 3. The van der Waals surface area contributed by atoms with Gasteiger partial charge < -0.3 is 19.2 Å². The van der Waals surface area contributed by atoms with Gasteiger partial charge in [-0.15, -0.1) is 0 Å². The van der Waals surface area contributed by atoms with E-state index in [0.717, 1.165) is 0 Å². The van der Waals surface area contributed by atoms with Crippen molar-refractivity contribution < 1.29 is 28.3 Å². The number of anilines is 1. The summed E-state index contributed by atoms with van der Waals surface area (Å²) in [4.78, 5) is 35.4. The van der Waals surface area contributed by atoms with Crippen molar-refractivity contribution in [1.29, 1.82) is 0 Å². The number of rotatable bonds is 5. The summed E-state index contributed by atoms with van der Waals surface area (Å²) in [6.07, 6.45) is 4.21. The number of amides is 1. The molecular weight excluding hydrogens is 372 g/mol. The van der Waals surface area contributed by atoms with Crippen LogP contribution in [0.25, 0.3) is 6.08 Å². The second-order valence-electron chi connectivity index (χ2n) is 5.07.